The molecular formula is C15H21N3O3S. The van der Waals surface area contributed by atoms with Crippen molar-refractivity contribution in [2.45, 2.75) is 32.1 Å². The first-order valence-corrected chi connectivity index (χ1v) is 8.66. The molecule has 0 aliphatic rings. The van der Waals surface area contributed by atoms with Crippen molar-refractivity contribution in [2.75, 3.05) is 13.2 Å². The molecule has 0 spiro atoms. The van der Waals surface area contributed by atoms with Crippen LogP contribution in [-0.2, 0) is 16.4 Å². The molecule has 2 rings (SSSR count). The third-order valence-corrected chi connectivity index (χ3v) is 5.06. The van der Waals surface area contributed by atoms with Gasteiger partial charge in [0.05, 0.1) is 11.4 Å². The molecule has 0 radical (unpaired) electrons. The molecule has 1 aromatic heterocycles. The normalized spacial score (nSPS) is 11.6. The lowest BCUT2D eigenvalue weighted by Gasteiger charge is -2.11. The number of ether oxygens (including phenoxy) is 1. The molecule has 22 heavy (non-hydrogen) atoms. The lowest BCUT2D eigenvalue weighted by Crippen LogP contribution is -2.29. The molecule has 7 heteroatoms. The summed E-state index contributed by atoms with van der Waals surface area (Å²) < 4.78 is 32.7. The fraction of sp³-hybridized carbons (Fsp3) is 0.400. The number of aromatic amines is 1. The van der Waals surface area contributed by atoms with Gasteiger partial charge in [-0.25, -0.2) is 13.1 Å². The van der Waals surface area contributed by atoms with Gasteiger partial charge in [0.25, 0.3) is 0 Å². The average Bonchev–Trinajstić information content (AvgIpc) is 2.84. The number of nitrogens with one attached hydrogen (secondary N) is 2. The summed E-state index contributed by atoms with van der Waals surface area (Å²) in [5.41, 5.74) is 2.09. The zero-order valence-electron chi connectivity index (χ0n) is 13.0. The molecule has 0 fully saturated rings. The lowest BCUT2D eigenvalue weighted by atomic mass is 10.1. The van der Waals surface area contributed by atoms with Gasteiger partial charge in [0, 0.05) is 6.54 Å². The predicted molar refractivity (Wildman–Crippen MR) is 84.6 cm³/mol. The number of para-hydroxylation sites is 1. The predicted octanol–water partition coefficient (Wildman–Crippen LogP) is 1.95. The van der Waals surface area contributed by atoms with Crippen LogP contribution < -0.4 is 9.46 Å². The minimum Gasteiger partial charge on any atom is -0.492 e. The maximum atomic E-state index is 12.2. The van der Waals surface area contributed by atoms with Crippen LogP contribution in [0.25, 0.3) is 0 Å². The number of nitrogens with zero attached hydrogens (tertiary/aromatic N) is 1. The molecule has 0 unspecified atom stereocenters. The van der Waals surface area contributed by atoms with Gasteiger partial charge in [0.15, 0.2) is 0 Å². The number of hydrogen-bond donors (Lipinski definition) is 2. The van der Waals surface area contributed by atoms with Gasteiger partial charge in [0.2, 0.25) is 10.0 Å². The van der Waals surface area contributed by atoms with E-state index in [1.807, 2.05) is 24.3 Å². The smallest absolute Gasteiger partial charge is 0.244 e. The number of aromatic nitrogens is 2. The Balaban J connectivity index is 1.94. The van der Waals surface area contributed by atoms with Crippen molar-refractivity contribution >= 4 is 10.0 Å². The summed E-state index contributed by atoms with van der Waals surface area (Å²) in [6.45, 7) is 5.86. The highest BCUT2D eigenvalue weighted by atomic mass is 32.2. The highest BCUT2D eigenvalue weighted by Gasteiger charge is 2.21. The van der Waals surface area contributed by atoms with E-state index in [1.54, 1.807) is 13.8 Å². The Labute approximate surface area is 130 Å². The minimum atomic E-state index is -3.57. The molecule has 0 atom stereocenters. The van der Waals surface area contributed by atoms with Gasteiger partial charge in [-0.1, -0.05) is 25.1 Å². The van der Waals surface area contributed by atoms with Gasteiger partial charge in [-0.15, -0.1) is 0 Å². The third-order valence-electron chi connectivity index (χ3n) is 3.33. The van der Waals surface area contributed by atoms with E-state index in [-0.39, 0.29) is 18.0 Å². The molecule has 1 heterocycles. The van der Waals surface area contributed by atoms with E-state index in [0.717, 1.165) is 17.7 Å². The Morgan fingerprint density at radius 1 is 1.27 bits per heavy atom. The van der Waals surface area contributed by atoms with E-state index < -0.39 is 10.0 Å². The van der Waals surface area contributed by atoms with Crippen LogP contribution in [0.3, 0.4) is 0 Å². The highest BCUT2D eigenvalue weighted by Crippen LogP contribution is 2.18. The first-order chi connectivity index (χ1) is 10.5. The first kappa shape index (κ1) is 16.5. The van der Waals surface area contributed by atoms with E-state index in [9.17, 15) is 8.42 Å². The molecule has 1 aromatic carbocycles. The van der Waals surface area contributed by atoms with Crippen LogP contribution in [0.2, 0.25) is 0 Å². The number of H-pyrrole nitrogens is 1. The first-order valence-electron chi connectivity index (χ1n) is 7.17. The largest absolute Gasteiger partial charge is 0.492 e. The second kappa shape index (κ2) is 6.93. The monoisotopic (exact) mass is 323 g/mol. The molecular weight excluding hydrogens is 302 g/mol. The summed E-state index contributed by atoms with van der Waals surface area (Å²) in [4.78, 5) is 0.210. The van der Waals surface area contributed by atoms with Crippen LogP contribution in [0.5, 0.6) is 5.75 Å². The van der Waals surface area contributed by atoms with Crippen LogP contribution in [-0.4, -0.2) is 31.8 Å². The maximum absolute atomic E-state index is 12.2. The van der Waals surface area contributed by atoms with Crippen LogP contribution >= 0.6 is 0 Å². The zero-order valence-corrected chi connectivity index (χ0v) is 13.8. The fourth-order valence-electron chi connectivity index (χ4n) is 2.28. The molecule has 0 saturated heterocycles. The number of rotatable bonds is 7. The van der Waals surface area contributed by atoms with Crippen LogP contribution in [0.15, 0.2) is 29.2 Å². The Hall–Kier alpha value is -1.86. The second-order valence-corrected chi connectivity index (χ2v) is 6.67. The van der Waals surface area contributed by atoms with Crippen molar-refractivity contribution in [3.8, 4) is 5.75 Å². The molecule has 0 saturated carbocycles. The third kappa shape index (κ3) is 3.66. The minimum absolute atomic E-state index is 0.199. The second-order valence-electron chi connectivity index (χ2n) is 4.97. The zero-order chi connectivity index (χ0) is 16.2. The summed E-state index contributed by atoms with van der Waals surface area (Å²) in [7, 11) is -3.57. The Bertz CT molecular complexity index is 719. The van der Waals surface area contributed by atoms with E-state index >= 15 is 0 Å². The quantitative estimate of drug-likeness (QED) is 0.763. The Morgan fingerprint density at radius 3 is 2.64 bits per heavy atom. The van der Waals surface area contributed by atoms with Crippen molar-refractivity contribution in [3.05, 3.63) is 41.2 Å². The Morgan fingerprint density at radius 2 is 2.00 bits per heavy atom. The standard InChI is InChI=1S/C15H21N3O3S/c1-4-13-7-5-6-8-14(13)21-10-9-16-22(19,20)15-11(2)17-18-12(15)3/h5-8,16H,4,9-10H2,1-3H3,(H,17,18). The van der Waals surface area contributed by atoms with Crippen molar-refractivity contribution in [3.63, 3.8) is 0 Å². The van der Waals surface area contributed by atoms with Crippen LogP contribution in [0.1, 0.15) is 23.9 Å². The van der Waals surface area contributed by atoms with Crippen molar-refractivity contribution in [2.24, 2.45) is 0 Å². The Kier molecular flexibility index (Phi) is 5.20. The molecule has 0 bridgehead atoms. The molecule has 2 N–H and O–H groups in total. The van der Waals surface area contributed by atoms with Crippen LogP contribution in [0.4, 0.5) is 0 Å². The molecule has 2 aromatic rings. The van der Waals surface area contributed by atoms with Crippen LogP contribution in [0, 0.1) is 13.8 Å². The summed E-state index contributed by atoms with van der Waals surface area (Å²) in [6.07, 6.45) is 0.870. The lowest BCUT2D eigenvalue weighted by molar-refractivity contribution is 0.320. The van der Waals surface area contributed by atoms with Gasteiger partial charge in [-0.05, 0) is 31.9 Å². The number of benzene rings is 1. The van der Waals surface area contributed by atoms with E-state index in [0.29, 0.717) is 11.4 Å². The van der Waals surface area contributed by atoms with Gasteiger partial charge in [-0.2, -0.15) is 5.10 Å². The van der Waals surface area contributed by atoms with Crippen molar-refractivity contribution in [1.29, 1.82) is 0 Å². The van der Waals surface area contributed by atoms with Gasteiger partial charge >= 0.3 is 0 Å². The number of aryl methyl sites for hydroxylation is 3. The molecule has 0 aliphatic heterocycles. The summed E-state index contributed by atoms with van der Waals surface area (Å²) in [5, 5.41) is 6.58. The van der Waals surface area contributed by atoms with Gasteiger partial charge in [0.1, 0.15) is 17.3 Å². The SMILES string of the molecule is CCc1ccccc1OCCNS(=O)(=O)c1c(C)n[nH]c1C. The molecule has 120 valence electrons. The molecule has 0 amide bonds. The van der Waals surface area contributed by atoms with E-state index in [1.165, 1.54) is 0 Å². The van der Waals surface area contributed by atoms with Gasteiger partial charge in [-0.3, -0.25) is 5.10 Å². The number of hydrogen-bond acceptors (Lipinski definition) is 4. The van der Waals surface area contributed by atoms with Crippen molar-refractivity contribution in [1.82, 2.24) is 14.9 Å². The summed E-state index contributed by atoms with van der Waals surface area (Å²) >= 11 is 0. The molecule has 6 nitrogen and oxygen atoms in total. The maximum Gasteiger partial charge on any atom is 0.244 e. The average molecular weight is 323 g/mol. The van der Waals surface area contributed by atoms with Crippen molar-refractivity contribution < 1.29 is 13.2 Å². The molecule has 0 aliphatic carbocycles. The van der Waals surface area contributed by atoms with E-state index in [2.05, 4.69) is 21.8 Å². The fourth-order valence-corrected chi connectivity index (χ4v) is 3.66. The summed E-state index contributed by atoms with van der Waals surface area (Å²) in [5.74, 6) is 0.792. The van der Waals surface area contributed by atoms with E-state index in [4.69, 9.17) is 4.74 Å². The number of sulfonamides is 1. The topological polar surface area (TPSA) is 84.1 Å². The van der Waals surface area contributed by atoms with Gasteiger partial charge < -0.3 is 4.74 Å². The summed E-state index contributed by atoms with van der Waals surface area (Å²) in [6, 6.07) is 7.74. The highest BCUT2D eigenvalue weighted by molar-refractivity contribution is 7.89.